The highest BCUT2D eigenvalue weighted by Gasteiger charge is 2.31. The summed E-state index contributed by atoms with van der Waals surface area (Å²) in [5.41, 5.74) is 3.95. The average Bonchev–Trinajstić information content (AvgIpc) is 2.86. The number of aliphatic hydroxyl groups excluding tert-OH is 1. The van der Waals surface area contributed by atoms with Crippen molar-refractivity contribution in [1.29, 1.82) is 0 Å². The van der Waals surface area contributed by atoms with E-state index in [0.29, 0.717) is 17.7 Å². The van der Waals surface area contributed by atoms with E-state index in [2.05, 4.69) is 38.1 Å². The lowest BCUT2D eigenvalue weighted by molar-refractivity contribution is 0.0430. The van der Waals surface area contributed by atoms with Crippen LogP contribution in [0, 0.1) is 0 Å². The van der Waals surface area contributed by atoms with E-state index in [1.54, 1.807) is 6.92 Å². The van der Waals surface area contributed by atoms with E-state index in [1.165, 1.54) is 12.0 Å². The highest BCUT2D eigenvalue weighted by molar-refractivity contribution is 5.89. The van der Waals surface area contributed by atoms with Crippen LogP contribution < -0.4 is 10.2 Å². The van der Waals surface area contributed by atoms with Gasteiger partial charge in [-0.1, -0.05) is 6.07 Å². The molecule has 6 heterocycles. The zero-order chi connectivity index (χ0) is 23.9. The number of hydrogen-bond acceptors (Lipinski definition) is 9. The number of aromatic nitrogens is 4. The standard InChI is InChI=1S/C26H34N8O/c1-17(35)22-12-19-13-27-26(31-24(19)25(29-22)33-9-4-3-5-10-33)30-23-7-6-18-14-34(11-8-21(18)28-23)20-15-32(2)16-20/h6-7,12-13,17,20,35H,3-5,8-11,14-16H2,1-2H3,(H,27,28,30,31)/t17-/m1/s1. The minimum absolute atomic E-state index is 0.518. The van der Waals surface area contributed by atoms with Crippen LogP contribution in [0.2, 0.25) is 0 Å². The molecule has 0 spiro atoms. The van der Waals surface area contributed by atoms with Gasteiger partial charge in [0, 0.05) is 69.0 Å². The van der Waals surface area contributed by atoms with Gasteiger partial charge in [-0.3, -0.25) is 4.90 Å². The second-order valence-electron chi connectivity index (χ2n) is 10.2. The normalized spacial score (nSPS) is 20.5. The first-order valence-corrected chi connectivity index (χ1v) is 12.8. The van der Waals surface area contributed by atoms with Crippen LogP contribution >= 0.6 is 0 Å². The Morgan fingerprint density at radius 1 is 1.06 bits per heavy atom. The second-order valence-corrected chi connectivity index (χ2v) is 10.2. The number of pyridine rings is 2. The first kappa shape index (κ1) is 22.6. The van der Waals surface area contributed by atoms with Crippen LogP contribution in [0.3, 0.4) is 0 Å². The van der Waals surface area contributed by atoms with Gasteiger partial charge in [0.05, 0.1) is 11.8 Å². The zero-order valence-corrected chi connectivity index (χ0v) is 20.6. The Bertz CT molecular complexity index is 1220. The first-order valence-electron chi connectivity index (χ1n) is 12.8. The van der Waals surface area contributed by atoms with Crippen LogP contribution in [0.1, 0.15) is 49.2 Å². The maximum atomic E-state index is 10.2. The van der Waals surface area contributed by atoms with Crippen molar-refractivity contribution in [2.75, 3.05) is 50.0 Å². The molecule has 0 aromatic carbocycles. The summed E-state index contributed by atoms with van der Waals surface area (Å²) in [7, 11) is 2.18. The molecule has 0 amide bonds. The van der Waals surface area contributed by atoms with E-state index in [1.807, 2.05) is 18.3 Å². The van der Waals surface area contributed by atoms with Crippen molar-refractivity contribution in [2.24, 2.45) is 0 Å². The lowest BCUT2D eigenvalue weighted by Crippen LogP contribution is -2.58. The molecule has 0 aliphatic carbocycles. The number of fused-ring (bicyclic) bond motifs is 2. The third-order valence-corrected chi connectivity index (χ3v) is 7.53. The molecule has 0 radical (unpaired) electrons. The molecule has 6 rings (SSSR count). The van der Waals surface area contributed by atoms with Crippen LogP contribution in [-0.2, 0) is 13.0 Å². The molecule has 9 nitrogen and oxygen atoms in total. The molecule has 3 aliphatic rings. The molecule has 9 heteroatoms. The average molecular weight is 475 g/mol. The minimum Gasteiger partial charge on any atom is -0.387 e. The number of anilines is 3. The van der Waals surface area contributed by atoms with Crippen molar-refractivity contribution in [1.82, 2.24) is 29.7 Å². The number of piperidine rings is 1. The molecule has 184 valence electrons. The molecule has 2 fully saturated rings. The van der Waals surface area contributed by atoms with Gasteiger partial charge in [-0.15, -0.1) is 0 Å². The summed E-state index contributed by atoms with van der Waals surface area (Å²) in [5.74, 6) is 2.13. The Balaban J connectivity index is 1.25. The fourth-order valence-corrected chi connectivity index (χ4v) is 5.47. The van der Waals surface area contributed by atoms with Gasteiger partial charge in [0.15, 0.2) is 5.82 Å². The monoisotopic (exact) mass is 474 g/mol. The highest BCUT2D eigenvalue weighted by Crippen LogP contribution is 2.30. The van der Waals surface area contributed by atoms with E-state index in [-0.39, 0.29) is 0 Å². The molecule has 3 aromatic rings. The van der Waals surface area contributed by atoms with Crippen molar-refractivity contribution < 1.29 is 5.11 Å². The Morgan fingerprint density at radius 3 is 2.66 bits per heavy atom. The van der Waals surface area contributed by atoms with Gasteiger partial charge in [0.25, 0.3) is 0 Å². The largest absolute Gasteiger partial charge is 0.387 e. The Hall–Kier alpha value is -2.88. The van der Waals surface area contributed by atoms with Gasteiger partial charge < -0.3 is 20.2 Å². The number of likely N-dealkylation sites (tertiary alicyclic amines) is 1. The van der Waals surface area contributed by atoms with E-state index >= 15 is 0 Å². The van der Waals surface area contributed by atoms with Crippen LogP contribution in [0.15, 0.2) is 24.4 Å². The molecule has 3 aliphatic heterocycles. The van der Waals surface area contributed by atoms with E-state index in [0.717, 1.165) is 86.8 Å². The van der Waals surface area contributed by atoms with Crippen LogP contribution in [0.5, 0.6) is 0 Å². The summed E-state index contributed by atoms with van der Waals surface area (Å²) >= 11 is 0. The predicted molar refractivity (Wildman–Crippen MR) is 137 cm³/mol. The summed E-state index contributed by atoms with van der Waals surface area (Å²) < 4.78 is 0. The van der Waals surface area contributed by atoms with Gasteiger partial charge in [0.1, 0.15) is 11.3 Å². The third kappa shape index (κ3) is 4.55. The summed E-state index contributed by atoms with van der Waals surface area (Å²) in [4.78, 5) is 26.4. The molecule has 0 saturated carbocycles. The molecule has 35 heavy (non-hydrogen) atoms. The van der Waals surface area contributed by atoms with Crippen molar-refractivity contribution in [3.8, 4) is 0 Å². The Morgan fingerprint density at radius 2 is 1.89 bits per heavy atom. The second kappa shape index (κ2) is 9.29. The van der Waals surface area contributed by atoms with Crippen LogP contribution in [-0.4, -0.2) is 80.7 Å². The van der Waals surface area contributed by atoms with Gasteiger partial charge in [0.2, 0.25) is 5.95 Å². The van der Waals surface area contributed by atoms with Gasteiger partial charge in [-0.05, 0) is 50.9 Å². The quantitative estimate of drug-likeness (QED) is 0.579. The van der Waals surface area contributed by atoms with Crippen LogP contribution in [0.4, 0.5) is 17.6 Å². The highest BCUT2D eigenvalue weighted by atomic mass is 16.3. The topological polar surface area (TPSA) is 93.5 Å². The number of likely N-dealkylation sites (N-methyl/N-ethyl adjacent to an activating group) is 1. The molecular formula is C26H34N8O. The molecule has 2 saturated heterocycles. The summed E-state index contributed by atoms with van der Waals surface area (Å²) in [5, 5.41) is 14.4. The summed E-state index contributed by atoms with van der Waals surface area (Å²) in [6.45, 7) is 8.02. The Kier molecular flexibility index (Phi) is 5.99. The maximum Gasteiger partial charge on any atom is 0.229 e. The fourth-order valence-electron chi connectivity index (χ4n) is 5.47. The van der Waals surface area contributed by atoms with E-state index < -0.39 is 6.10 Å². The summed E-state index contributed by atoms with van der Waals surface area (Å²) in [6.07, 6.45) is 5.68. The molecular weight excluding hydrogens is 440 g/mol. The number of aliphatic hydroxyl groups is 1. The smallest absolute Gasteiger partial charge is 0.229 e. The van der Waals surface area contributed by atoms with E-state index in [9.17, 15) is 5.11 Å². The SMILES string of the molecule is C[C@@H](O)c1cc2cnc(Nc3ccc4c(n3)CCN(C3CN(C)C3)C4)nc2c(N2CCCCC2)n1. The Labute approximate surface area is 206 Å². The fraction of sp³-hybridized carbons (Fsp3) is 0.538. The molecule has 3 aromatic heterocycles. The number of nitrogens with one attached hydrogen (secondary N) is 1. The van der Waals surface area contributed by atoms with Crippen molar-refractivity contribution in [2.45, 2.75) is 51.3 Å². The van der Waals surface area contributed by atoms with Crippen molar-refractivity contribution in [3.05, 3.63) is 41.3 Å². The third-order valence-electron chi connectivity index (χ3n) is 7.53. The zero-order valence-electron chi connectivity index (χ0n) is 20.6. The lowest BCUT2D eigenvalue weighted by atomic mass is 10.0. The maximum absolute atomic E-state index is 10.2. The molecule has 0 unspecified atom stereocenters. The van der Waals surface area contributed by atoms with Crippen molar-refractivity contribution in [3.63, 3.8) is 0 Å². The number of nitrogens with zero attached hydrogens (tertiary/aromatic N) is 7. The van der Waals surface area contributed by atoms with Gasteiger partial charge in [-0.25, -0.2) is 19.9 Å². The lowest BCUT2D eigenvalue weighted by Gasteiger charge is -2.45. The first-order chi connectivity index (χ1) is 17.0. The molecule has 1 atom stereocenters. The summed E-state index contributed by atoms with van der Waals surface area (Å²) in [6, 6.07) is 6.79. The molecule has 2 N–H and O–H groups in total. The molecule has 0 bridgehead atoms. The minimum atomic E-state index is -0.637. The number of rotatable bonds is 5. The van der Waals surface area contributed by atoms with Crippen LogP contribution in [0.25, 0.3) is 10.9 Å². The van der Waals surface area contributed by atoms with Gasteiger partial charge >= 0.3 is 0 Å². The number of hydrogen-bond donors (Lipinski definition) is 2. The predicted octanol–water partition coefficient (Wildman–Crippen LogP) is 2.88. The van der Waals surface area contributed by atoms with Crippen molar-refractivity contribution >= 4 is 28.5 Å². The van der Waals surface area contributed by atoms with Gasteiger partial charge in [-0.2, -0.15) is 0 Å². The van der Waals surface area contributed by atoms with E-state index in [4.69, 9.17) is 15.0 Å².